The molecule has 0 fully saturated rings. The van der Waals surface area contributed by atoms with Crippen LogP contribution in [-0.4, -0.2) is 15.0 Å². The smallest absolute Gasteiger partial charge is 0.251 e. The monoisotopic (exact) mass is 251 g/mol. The number of hydrogen-bond donors (Lipinski definition) is 1. The molecule has 0 atom stereocenters. The Kier molecular flexibility index (Phi) is 2.63. The average molecular weight is 251 g/mol. The van der Waals surface area contributed by atoms with Crippen molar-refractivity contribution in [1.29, 1.82) is 0 Å². The van der Waals surface area contributed by atoms with E-state index in [0.29, 0.717) is 11.5 Å². The van der Waals surface area contributed by atoms with Crippen LogP contribution in [0, 0.1) is 13.8 Å². The lowest BCUT2D eigenvalue weighted by Gasteiger charge is -2.07. The van der Waals surface area contributed by atoms with Gasteiger partial charge in [0.15, 0.2) is 0 Å². The molecule has 94 valence electrons. The maximum Gasteiger partial charge on any atom is 0.251 e. The van der Waals surface area contributed by atoms with E-state index >= 15 is 0 Å². The second kappa shape index (κ2) is 4.31. The van der Waals surface area contributed by atoms with Crippen LogP contribution in [0.2, 0.25) is 0 Å². The third-order valence-electron chi connectivity index (χ3n) is 2.97. The van der Waals surface area contributed by atoms with Crippen molar-refractivity contribution in [2.24, 2.45) is 0 Å². The Hall–Kier alpha value is -2.49. The number of nitrogens with zero attached hydrogens (tertiary/aromatic N) is 2. The fourth-order valence-electron chi connectivity index (χ4n) is 2.21. The number of aryl methyl sites for hydroxylation is 2. The van der Waals surface area contributed by atoms with Crippen LogP contribution in [0.1, 0.15) is 11.4 Å². The van der Waals surface area contributed by atoms with Gasteiger partial charge in [0.1, 0.15) is 5.82 Å². The number of nitrogens with one attached hydrogen (secondary N) is 1. The van der Waals surface area contributed by atoms with Gasteiger partial charge in [0, 0.05) is 28.4 Å². The fraction of sp³-hybridized carbons (Fsp3) is 0.133. The topological polar surface area (TPSA) is 58.6 Å². The maximum absolute atomic E-state index is 11.6. The van der Waals surface area contributed by atoms with Crippen molar-refractivity contribution >= 4 is 10.9 Å². The van der Waals surface area contributed by atoms with Crippen molar-refractivity contribution < 1.29 is 0 Å². The van der Waals surface area contributed by atoms with Gasteiger partial charge in [-0.3, -0.25) is 9.78 Å². The molecular weight excluding hydrogens is 238 g/mol. The number of pyridine rings is 1. The number of aromatic amines is 1. The van der Waals surface area contributed by atoms with Crippen molar-refractivity contribution in [3.63, 3.8) is 0 Å². The molecule has 0 spiro atoms. The number of H-pyrrole nitrogens is 1. The molecule has 0 aliphatic heterocycles. The minimum absolute atomic E-state index is 0.138. The SMILES string of the molecule is Cc1cc(=O)[nH]c(-c2cc(C)nc3ccccc23)n1. The van der Waals surface area contributed by atoms with E-state index < -0.39 is 0 Å². The van der Waals surface area contributed by atoms with Gasteiger partial charge in [0.05, 0.1) is 5.52 Å². The number of aromatic nitrogens is 3. The Balaban J connectivity index is 2.38. The quantitative estimate of drug-likeness (QED) is 0.723. The predicted octanol–water partition coefficient (Wildman–Crippen LogP) is 2.60. The van der Waals surface area contributed by atoms with Crippen LogP contribution >= 0.6 is 0 Å². The van der Waals surface area contributed by atoms with Gasteiger partial charge < -0.3 is 4.98 Å². The highest BCUT2D eigenvalue weighted by Crippen LogP contribution is 2.25. The molecule has 0 unspecified atom stereocenters. The van der Waals surface area contributed by atoms with Crippen molar-refractivity contribution in [2.45, 2.75) is 13.8 Å². The molecule has 0 saturated heterocycles. The molecule has 0 radical (unpaired) electrons. The van der Waals surface area contributed by atoms with Crippen molar-refractivity contribution in [1.82, 2.24) is 15.0 Å². The predicted molar refractivity (Wildman–Crippen MR) is 75.1 cm³/mol. The lowest BCUT2D eigenvalue weighted by atomic mass is 10.1. The van der Waals surface area contributed by atoms with Gasteiger partial charge in [-0.1, -0.05) is 18.2 Å². The molecule has 0 saturated carbocycles. The summed E-state index contributed by atoms with van der Waals surface area (Å²) in [4.78, 5) is 23.3. The minimum Gasteiger partial charge on any atom is -0.306 e. The summed E-state index contributed by atoms with van der Waals surface area (Å²) in [6.07, 6.45) is 0. The van der Waals surface area contributed by atoms with Gasteiger partial charge in [0.25, 0.3) is 5.56 Å². The summed E-state index contributed by atoms with van der Waals surface area (Å²) in [5.74, 6) is 0.590. The number of benzene rings is 1. The molecule has 2 aromatic heterocycles. The summed E-state index contributed by atoms with van der Waals surface area (Å²) >= 11 is 0. The largest absolute Gasteiger partial charge is 0.306 e. The molecule has 4 heteroatoms. The molecule has 3 rings (SSSR count). The second-order valence-electron chi connectivity index (χ2n) is 4.56. The number of rotatable bonds is 1. The number of hydrogen-bond acceptors (Lipinski definition) is 3. The van der Waals surface area contributed by atoms with Crippen molar-refractivity contribution in [3.05, 3.63) is 58.1 Å². The van der Waals surface area contributed by atoms with E-state index in [0.717, 1.165) is 22.2 Å². The first-order valence-corrected chi connectivity index (χ1v) is 6.08. The number of fused-ring (bicyclic) bond motifs is 1. The summed E-state index contributed by atoms with van der Waals surface area (Å²) in [7, 11) is 0. The fourth-order valence-corrected chi connectivity index (χ4v) is 2.21. The van der Waals surface area contributed by atoms with E-state index in [9.17, 15) is 4.79 Å². The highest BCUT2D eigenvalue weighted by atomic mass is 16.1. The normalized spacial score (nSPS) is 10.8. The first-order chi connectivity index (χ1) is 9.13. The molecule has 3 aromatic rings. The summed E-state index contributed by atoms with van der Waals surface area (Å²) < 4.78 is 0. The van der Waals surface area contributed by atoms with E-state index in [4.69, 9.17) is 0 Å². The van der Waals surface area contributed by atoms with E-state index in [1.54, 1.807) is 0 Å². The Labute approximate surface area is 110 Å². The highest BCUT2D eigenvalue weighted by Gasteiger charge is 2.08. The van der Waals surface area contributed by atoms with E-state index in [1.807, 2.05) is 44.2 Å². The van der Waals surface area contributed by atoms with Crippen LogP contribution in [0.15, 0.2) is 41.2 Å². The first-order valence-electron chi connectivity index (χ1n) is 6.08. The van der Waals surface area contributed by atoms with Crippen LogP contribution in [-0.2, 0) is 0 Å². The van der Waals surface area contributed by atoms with E-state index in [1.165, 1.54) is 6.07 Å². The zero-order chi connectivity index (χ0) is 13.4. The Morgan fingerprint density at radius 3 is 2.53 bits per heavy atom. The van der Waals surface area contributed by atoms with Crippen LogP contribution in [0.3, 0.4) is 0 Å². The third kappa shape index (κ3) is 2.12. The van der Waals surface area contributed by atoms with Gasteiger partial charge in [-0.2, -0.15) is 0 Å². The minimum atomic E-state index is -0.138. The summed E-state index contributed by atoms with van der Waals surface area (Å²) in [6.45, 7) is 3.75. The molecule has 0 bridgehead atoms. The number of para-hydroxylation sites is 1. The zero-order valence-corrected chi connectivity index (χ0v) is 10.8. The standard InChI is InChI=1S/C15H13N3O/c1-9-7-12(11-5-3-4-6-13(11)16-9)15-17-10(2)8-14(19)18-15/h3-8H,1-2H3,(H,17,18,19). The lowest BCUT2D eigenvalue weighted by molar-refractivity contribution is 1.07. The average Bonchev–Trinajstić information content (AvgIpc) is 2.36. The van der Waals surface area contributed by atoms with Gasteiger partial charge in [-0.15, -0.1) is 0 Å². The molecule has 1 aromatic carbocycles. The van der Waals surface area contributed by atoms with Gasteiger partial charge >= 0.3 is 0 Å². The second-order valence-corrected chi connectivity index (χ2v) is 4.56. The molecule has 0 aliphatic carbocycles. The Morgan fingerprint density at radius 1 is 1.00 bits per heavy atom. The van der Waals surface area contributed by atoms with Gasteiger partial charge in [0.2, 0.25) is 0 Å². The van der Waals surface area contributed by atoms with Crippen LogP contribution in [0.5, 0.6) is 0 Å². The van der Waals surface area contributed by atoms with Crippen molar-refractivity contribution in [2.75, 3.05) is 0 Å². The summed E-state index contributed by atoms with van der Waals surface area (Å²) in [6, 6.07) is 11.3. The van der Waals surface area contributed by atoms with Gasteiger partial charge in [-0.25, -0.2) is 4.98 Å². The van der Waals surface area contributed by atoms with Crippen LogP contribution in [0.25, 0.3) is 22.3 Å². The molecule has 0 amide bonds. The molecule has 0 aliphatic rings. The molecule has 4 nitrogen and oxygen atoms in total. The Morgan fingerprint density at radius 2 is 1.74 bits per heavy atom. The Bertz CT molecular complexity index is 821. The van der Waals surface area contributed by atoms with Crippen molar-refractivity contribution in [3.8, 4) is 11.4 Å². The van der Waals surface area contributed by atoms with Gasteiger partial charge in [-0.05, 0) is 26.0 Å². The summed E-state index contributed by atoms with van der Waals surface area (Å²) in [5, 5.41) is 0.988. The van der Waals surface area contributed by atoms with E-state index in [-0.39, 0.29) is 5.56 Å². The third-order valence-corrected chi connectivity index (χ3v) is 2.97. The lowest BCUT2D eigenvalue weighted by Crippen LogP contribution is -2.09. The first kappa shape index (κ1) is 11.6. The van der Waals surface area contributed by atoms with Crippen LogP contribution < -0.4 is 5.56 Å². The highest BCUT2D eigenvalue weighted by molar-refractivity contribution is 5.92. The molecule has 1 N–H and O–H groups in total. The molecule has 2 heterocycles. The molecule has 19 heavy (non-hydrogen) atoms. The zero-order valence-electron chi connectivity index (χ0n) is 10.8. The maximum atomic E-state index is 11.6. The van der Waals surface area contributed by atoms with Crippen LogP contribution in [0.4, 0.5) is 0 Å². The molecular formula is C15H13N3O. The summed E-state index contributed by atoms with van der Waals surface area (Å²) in [5.41, 5.74) is 3.28. The van der Waals surface area contributed by atoms with E-state index in [2.05, 4.69) is 15.0 Å².